The number of methoxy groups -OCH3 is 1. The first-order valence-corrected chi connectivity index (χ1v) is 12.0. The van der Waals surface area contributed by atoms with Gasteiger partial charge in [0.2, 0.25) is 5.91 Å². The Hall–Kier alpha value is -3.56. The van der Waals surface area contributed by atoms with Crippen LogP contribution >= 0.6 is 11.6 Å². The Bertz CT molecular complexity index is 1330. The molecule has 3 aromatic rings. The van der Waals surface area contributed by atoms with Gasteiger partial charge in [-0.3, -0.25) is 9.10 Å². The highest BCUT2D eigenvalue weighted by Gasteiger charge is 2.29. The van der Waals surface area contributed by atoms with Crippen LogP contribution in [0.5, 0.6) is 5.75 Å². The summed E-state index contributed by atoms with van der Waals surface area (Å²) in [5.41, 5.74) is 1.41. The summed E-state index contributed by atoms with van der Waals surface area (Å²) in [6.45, 7) is 1.18. The second-order valence-corrected chi connectivity index (χ2v) is 9.63. The molecule has 0 bridgehead atoms. The number of hydrogen-bond donors (Lipinski definition) is 2. The van der Waals surface area contributed by atoms with Crippen molar-refractivity contribution in [1.82, 2.24) is 5.32 Å². The lowest BCUT2D eigenvalue weighted by atomic mass is 10.1. The van der Waals surface area contributed by atoms with Gasteiger partial charge in [-0.2, -0.15) is 0 Å². The summed E-state index contributed by atoms with van der Waals surface area (Å²) in [4.78, 5) is 23.9. The lowest BCUT2D eigenvalue weighted by Gasteiger charge is -2.26. The summed E-state index contributed by atoms with van der Waals surface area (Å²) in [5, 5.41) is 12.1. The number of carboxylic acid groups (broad SMARTS) is 1. The molecule has 178 valence electrons. The van der Waals surface area contributed by atoms with Crippen LogP contribution in [0, 0.1) is 6.92 Å². The van der Waals surface area contributed by atoms with Gasteiger partial charge in [-0.1, -0.05) is 35.9 Å². The second kappa shape index (κ2) is 10.6. The van der Waals surface area contributed by atoms with Crippen LogP contribution in [0.2, 0.25) is 5.02 Å². The van der Waals surface area contributed by atoms with Gasteiger partial charge in [-0.25, -0.2) is 13.2 Å². The molecule has 0 aliphatic heterocycles. The highest BCUT2D eigenvalue weighted by Crippen LogP contribution is 2.31. The zero-order chi connectivity index (χ0) is 24.9. The second-order valence-electron chi connectivity index (χ2n) is 7.36. The summed E-state index contributed by atoms with van der Waals surface area (Å²) < 4.78 is 33.3. The highest BCUT2D eigenvalue weighted by atomic mass is 35.5. The van der Waals surface area contributed by atoms with Crippen molar-refractivity contribution < 1.29 is 27.9 Å². The standard InChI is InChI=1S/C24H23ClN2O6S/c1-16-21(25)10-5-11-22(16)27(34(31,32)20-9-4-8-19(13-20)33-2)15-23(28)26-14-17-6-3-7-18(12-17)24(29)30/h3-13H,14-15H2,1-2H3,(H,26,28)(H,29,30). The molecule has 3 rings (SSSR count). The number of benzene rings is 3. The lowest BCUT2D eigenvalue weighted by Crippen LogP contribution is -2.41. The molecule has 10 heteroatoms. The zero-order valence-electron chi connectivity index (χ0n) is 18.5. The van der Waals surface area contributed by atoms with Crippen LogP contribution in [-0.2, 0) is 21.4 Å². The molecule has 2 N–H and O–H groups in total. The maximum Gasteiger partial charge on any atom is 0.335 e. The minimum Gasteiger partial charge on any atom is -0.497 e. The Kier molecular flexibility index (Phi) is 7.80. The predicted octanol–water partition coefficient (Wildman–Crippen LogP) is 3.87. The maximum absolute atomic E-state index is 13.6. The van der Waals surface area contributed by atoms with Crippen LogP contribution in [0.3, 0.4) is 0 Å². The third-order valence-electron chi connectivity index (χ3n) is 5.09. The molecule has 1 amide bonds. The number of anilines is 1. The predicted molar refractivity (Wildman–Crippen MR) is 129 cm³/mol. The molecule has 0 atom stereocenters. The van der Waals surface area contributed by atoms with Crippen molar-refractivity contribution in [3.63, 3.8) is 0 Å². The first-order chi connectivity index (χ1) is 16.1. The van der Waals surface area contributed by atoms with Crippen molar-refractivity contribution in [2.24, 2.45) is 0 Å². The van der Waals surface area contributed by atoms with E-state index in [4.69, 9.17) is 21.4 Å². The summed E-state index contributed by atoms with van der Waals surface area (Å²) in [7, 11) is -2.74. The van der Waals surface area contributed by atoms with Crippen LogP contribution in [0.25, 0.3) is 0 Å². The Morgan fingerprint density at radius 3 is 2.47 bits per heavy atom. The molecule has 0 radical (unpaired) electrons. The van der Waals surface area contributed by atoms with Crippen LogP contribution in [-0.4, -0.2) is 39.1 Å². The van der Waals surface area contributed by atoms with Crippen molar-refractivity contribution in [1.29, 1.82) is 0 Å². The van der Waals surface area contributed by atoms with Crippen molar-refractivity contribution in [2.75, 3.05) is 18.0 Å². The average molecular weight is 503 g/mol. The highest BCUT2D eigenvalue weighted by molar-refractivity contribution is 7.92. The van der Waals surface area contributed by atoms with Crippen LogP contribution in [0.1, 0.15) is 21.5 Å². The molecule has 34 heavy (non-hydrogen) atoms. The summed E-state index contributed by atoms with van der Waals surface area (Å²) in [6.07, 6.45) is 0. The molecule has 0 fully saturated rings. The van der Waals surface area contributed by atoms with E-state index in [1.165, 1.54) is 31.4 Å². The van der Waals surface area contributed by atoms with Crippen molar-refractivity contribution >= 4 is 39.2 Å². The van der Waals surface area contributed by atoms with E-state index in [0.717, 1.165) is 4.31 Å². The van der Waals surface area contributed by atoms with Crippen LogP contribution in [0.15, 0.2) is 71.6 Å². The van der Waals surface area contributed by atoms with Crippen molar-refractivity contribution in [3.8, 4) is 5.75 Å². The smallest absolute Gasteiger partial charge is 0.335 e. The molecule has 0 saturated heterocycles. The largest absolute Gasteiger partial charge is 0.497 e. The van der Waals surface area contributed by atoms with Gasteiger partial charge < -0.3 is 15.2 Å². The molecule has 0 heterocycles. The van der Waals surface area contributed by atoms with E-state index in [1.807, 2.05) is 0 Å². The molecule has 0 aliphatic carbocycles. The number of nitrogens with zero attached hydrogens (tertiary/aromatic N) is 1. The molecule has 0 saturated carbocycles. The number of amides is 1. The quantitative estimate of drug-likeness (QED) is 0.459. The van der Waals surface area contributed by atoms with E-state index in [0.29, 0.717) is 21.9 Å². The third kappa shape index (κ3) is 5.67. The number of rotatable bonds is 9. The fraction of sp³-hybridized carbons (Fsp3) is 0.167. The number of halogens is 1. The van der Waals surface area contributed by atoms with Gasteiger partial charge >= 0.3 is 5.97 Å². The van der Waals surface area contributed by atoms with Gasteiger partial charge in [0.05, 0.1) is 23.3 Å². The van der Waals surface area contributed by atoms with Crippen LogP contribution in [0.4, 0.5) is 5.69 Å². The van der Waals surface area contributed by atoms with Gasteiger partial charge in [0.1, 0.15) is 12.3 Å². The van der Waals surface area contributed by atoms with E-state index >= 15 is 0 Å². The number of carbonyl (C=O) groups is 2. The Morgan fingerprint density at radius 2 is 1.76 bits per heavy atom. The molecule has 0 unspecified atom stereocenters. The van der Waals surface area contributed by atoms with Gasteiger partial charge in [0, 0.05) is 17.6 Å². The van der Waals surface area contributed by atoms with E-state index in [9.17, 15) is 18.0 Å². The topological polar surface area (TPSA) is 113 Å². The zero-order valence-corrected chi connectivity index (χ0v) is 20.1. The Balaban J connectivity index is 1.91. The first-order valence-electron chi connectivity index (χ1n) is 10.1. The van der Waals surface area contributed by atoms with Crippen LogP contribution < -0.4 is 14.4 Å². The fourth-order valence-corrected chi connectivity index (χ4v) is 4.94. The minimum absolute atomic E-state index is 0.0293. The molecule has 8 nitrogen and oxygen atoms in total. The maximum atomic E-state index is 13.6. The average Bonchev–Trinajstić information content (AvgIpc) is 2.83. The molecule has 3 aromatic carbocycles. The van der Waals surface area contributed by atoms with E-state index in [-0.39, 0.29) is 22.7 Å². The molecule has 0 spiro atoms. The SMILES string of the molecule is COc1cccc(S(=O)(=O)N(CC(=O)NCc2cccc(C(=O)O)c2)c2cccc(Cl)c2C)c1. The summed E-state index contributed by atoms with van der Waals surface area (Å²) in [6, 6.07) is 16.9. The van der Waals surface area contributed by atoms with E-state index < -0.39 is 28.4 Å². The number of ether oxygens (including phenoxy) is 1. The lowest BCUT2D eigenvalue weighted by molar-refractivity contribution is -0.119. The van der Waals surface area contributed by atoms with Gasteiger partial charge in [-0.05, 0) is 54.4 Å². The fourth-order valence-electron chi connectivity index (χ4n) is 3.26. The van der Waals surface area contributed by atoms with Gasteiger partial charge in [-0.15, -0.1) is 0 Å². The number of nitrogens with one attached hydrogen (secondary N) is 1. The summed E-state index contributed by atoms with van der Waals surface area (Å²) in [5.74, 6) is -1.31. The van der Waals surface area contributed by atoms with E-state index in [2.05, 4.69) is 5.32 Å². The molecular weight excluding hydrogens is 480 g/mol. The van der Waals surface area contributed by atoms with E-state index in [1.54, 1.807) is 49.4 Å². The minimum atomic E-state index is -4.17. The number of carboxylic acids is 1. The molecule has 0 aliphatic rings. The van der Waals surface area contributed by atoms with Crippen molar-refractivity contribution in [3.05, 3.63) is 88.4 Å². The third-order valence-corrected chi connectivity index (χ3v) is 7.25. The number of aromatic carboxylic acids is 1. The number of carbonyl (C=O) groups excluding carboxylic acids is 1. The monoisotopic (exact) mass is 502 g/mol. The Morgan fingerprint density at radius 1 is 1.06 bits per heavy atom. The first kappa shape index (κ1) is 25.1. The number of hydrogen-bond acceptors (Lipinski definition) is 5. The van der Waals surface area contributed by atoms with Crippen molar-refractivity contribution in [2.45, 2.75) is 18.4 Å². The molecule has 0 aromatic heterocycles. The number of sulfonamides is 1. The van der Waals surface area contributed by atoms with Gasteiger partial charge in [0.15, 0.2) is 0 Å². The Labute approximate surface area is 202 Å². The van der Waals surface area contributed by atoms with Gasteiger partial charge in [0.25, 0.3) is 10.0 Å². The molecular formula is C24H23ClN2O6S. The normalized spacial score (nSPS) is 11.0. The summed E-state index contributed by atoms with van der Waals surface area (Å²) >= 11 is 6.23.